The van der Waals surface area contributed by atoms with Crippen LogP contribution in [0.3, 0.4) is 0 Å². The molecule has 8 heteroatoms. The van der Waals surface area contributed by atoms with Gasteiger partial charge >= 0.3 is 6.09 Å². The average Bonchev–Trinajstić information content (AvgIpc) is 2.65. The molecule has 2 fully saturated rings. The molecule has 0 aliphatic carbocycles. The largest absolute Gasteiger partial charge is 0.450 e. The van der Waals surface area contributed by atoms with E-state index in [1.807, 2.05) is 0 Å². The van der Waals surface area contributed by atoms with Gasteiger partial charge in [-0.3, -0.25) is 9.80 Å². The zero-order valence-corrected chi connectivity index (χ0v) is 16.4. The number of β-amino-alcohol motifs (C(OH)–C–C–N with tert-alkyl or cyclic N) is 1. The second-order valence-electron chi connectivity index (χ2n) is 7.75. The fourth-order valence-electron chi connectivity index (χ4n) is 4.09. The lowest BCUT2D eigenvalue weighted by Crippen LogP contribution is -2.57. The Bertz CT molecular complexity index is 683. The third-order valence-corrected chi connectivity index (χ3v) is 5.44. The molecule has 3 rings (SSSR count). The van der Waals surface area contributed by atoms with E-state index in [-0.39, 0.29) is 6.09 Å². The summed E-state index contributed by atoms with van der Waals surface area (Å²) >= 11 is 0. The number of carbonyl (C=O) groups is 1. The lowest BCUT2D eigenvalue weighted by Gasteiger charge is -2.43. The van der Waals surface area contributed by atoms with Crippen molar-refractivity contribution in [1.82, 2.24) is 14.7 Å². The van der Waals surface area contributed by atoms with Crippen LogP contribution in [0.5, 0.6) is 0 Å². The quantitative estimate of drug-likeness (QED) is 0.824. The van der Waals surface area contributed by atoms with Crippen molar-refractivity contribution < 1.29 is 23.4 Å². The summed E-state index contributed by atoms with van der Waals surface area (Å²) in [5, 5.41) is 11.1. The first-order valence-electron chi connectivity index (χ1n) is 9.91. The van der Waals surface area contributed by atoms with Crippen LogP contribution in [0.15, 0.2) is 18.2 Å². The second kappa shape index (κ2) is 9.15. The molecule has 6 nitrogen and oxygen atoms in total. The van der Waals surface area contributed by atoms with Gasteiger partial charge in [0.25, 0.3) is 0 Å². The molecule has 2 aliphatic rings. The molecule has 1 aromatic rings. The Morgan fingerprint density at radius 2 is 1.89 bits per heavy atom. The number of amides is 1. The third-order valence-electron chi connectivity index (χ3n) is 5.44. The number of carbonyl (C=O) groups excluding carboxylic acids is 1. The van der Waals surface area contributed by atoms with Crippen LogP contribution in [-0.4, -0.2) is 83.9 Å². The van der Waals surface area contributed by atoms with E-state index in [0.29, 0.717) is 64.4 Å². The molecule has 0 spiro atoms. The van der Waals surface area contributed by atoms with Gasteiger partial charge in [-0.1, -0.05) is 6.07 Å². The van der Waals surface area contributed by atoms with E-state index < -0.39 is 17.2 Å². The highest BCUT2D eigenvalue weighted by molar-refractivity contribution is 5.67. The highest BCUT2D eigenvalue weighted by Gasteiger charge is 2.36. The number of nitrogens with zero attached hydrogens (tertiary/aromatic N) is 3. The van der Waals surface area contributed by atoms with Crippen LogP contribution in [0.2, 0.25) is 0 Å². The monoisotopic (exact) mass is 397 g/mol. The Labute approximate surface area is 164 Å². The summed E-state index contributed by atoms with van der Waals surface area (Å²) in [6, 6.07) is 3.95. The van der Waals surface area contributed by atoms with Gasteiger partial charge in [-0.25, -0.2) is 13.6 Å². The summed E-state index contributed by atoms with van der Waals surface area (Å²) in [7, 11) is 0. The van der Waals surface area contributed by atoms with Gasteiger partial charge in [0, 0.05) is 45.8 Å². The van der Waals surface area contributed by atoms with E-state index in [1.165, 1.54) is 6.07 Å². The highest BCUT2D eigenvalue weighted by Crippen LogP contribution is 2.25. The third kappa shape index (κ3) is 5.40. The number of rotatable bonds is 5. The number of hydrogen-bond donors (Lipinski definition) is 1. The van der Waals surface area contributed by atoms with E-state index in [9.17, 15) is 18.7 Å². The predicted molar refractivity (Wildman–Crippen MR) is 101 cm³/mol. The summed E-state index contributed by atoms with van der Waals surface area (Å²) in [6.07, 6.45) is 1.28. The van der Waals surface area contributed by atoms with Gasteiger partial charge in [0.05, 0.1) is 12.2 Å². The number of piperidine rings is 1. The lowest BCUT2D eigenvalue weighted by atomic mass is 9.91. The molecule has 0 saturated carbocycles. The molecule has 28 heavy (non-hydrogen) atoms. The Hall–Kier alpha value is -1.77. The predicted octanol–water partition coefficient (Wildman–Crippen LogP) is 2.07. The van der Waals surface area contributed by atoms with Crippen LogP contribution in [0.25, 0.3) is 0 Å². The van der Waals surface area contributed by atoms with Gasteiger partial charge in [-0.15, -0.1) is 0 Å². The Balaban J connectivity index is 1.51. The molecule has 1 amide bonds. The molecule has 1 unspecified atom stereocenters. The van der Waals surface area contributed by atoms with E-state index in [2.05, 4.69) is 9.80 Å². The van der Waals surface area contributed by atoms with Gasteiger partial charge in [0.2, 0.25) is 0 Å². The van der Waals surface area contributed by atoms with Crippen LogP contribution < -0.4 is 0 Å². The molecule has 1 N–H and O–H groups in total. The Morgan fingerprint density at radius 3 is 2.57 bits per heavy atom. The second-order valence-corrected chi connectivity index (χ2v) is 7.75. The molecule has 2 saturated heterocycles. The maximum Gasteiger partial charge on any atom is 0.409 e. The molecular formula is C20H29F2N3O3. The van der Waals surface area contributed by atoms with E-state index in [4.69, 9.17) is 4.74 Å². The standard InChI is InChI=1S/C20H29F2N3O3/c1-2-28-19(26)25-10-8-23(9-11-25)14-20(27)6-3-7-24(15-20)13-16-4-5-17(21)18(22)12-16/h4-5,12,27H,2-3,6-11,13-15H2,1H3. The topological polar surface area (TPSA) is 56.3 Å². The number of likely N-dealkylation sites (tertiary alicyclic amines) is 1. The first-order chi connectivity index (χ1) is 13.4. The summed E-state index contributed by atoms with van der Waals surface area (Å²) < 4.78 is 31.6. The summed E-state index contributed by atoms with van der Waals surface area (Å²) in [5.41, 5.74) is -0.144. The van der Waals surface area contributed by atoms with Crippen molar-refractivity contribution in [2.45, 2.75) is 31.9 Å². The normalized spacial score (nSPS) is 24.4. The smallest absolute Gasteiger partial charge is 0.409 e. The first kappa shape index (κ1) is 21.0. The average molecular weight is 397 g/mol. The van der Waals surface area contributed by atoms with Crippen LogP contribution in [0, 0.1) is 11.6 Å². The minimum absolute atomic E-state index is 0.281. The van der Waals surface area contributed by atoms with Gasteiger partial charge in [-0.2, -0.15) is 0 Å². The minimum Gasteiger partial charge on any atom is -0.450 e. The van der Waals surface area contributed by atoms with Crippen molar-refractivity contribution >= 4 is 6.09 Å². The number of halogens is 2. The summed E-state index contributed by atoms with van der Waals surface area (Å²) in [6.45, 7) is 7.07. The van der Waals surface area contributed by atoms with Crippen molar-refractivity contribution in [1.29, 1.82) is 0 Å². The summed E-state index contributed by atoms with van der Waals surface area (Å²) in [5.74, 6) is -1.69. The van der Waals surface area contributed by atoms with Gasteiger partial charge in [-0.05, 0) is 44.0 Å². The number of piperazine rings is 1. The zero-order valence-electron chi connectivity index (χ0n) is 16.4. The first-order valence-corrected chi connectivity index (χ1v) is 9.91. The molecule has 156 valence electrons. The van der Waals surface area contributed by atoms with Gasteiger partial charge in [0.15, 0.2) is 11.6 Å². The van der Waals surface area contributed by atoms with E-state index >= 15 is 0 Å². The van der Waals surface area contributed by atoms with E-state index in [0.717, 1.165) is 19.0 Å². The maximum absolute atomic E-state index is 13.4. The molecule has 1 atom stereocenters. The number of aliphatic hydroxyl groups is 1. The number of hydrogen-bond acceptors (Lipinski definition) is 5. The van der Waals surface area contributed by atoms with Gasteiger partial charge in [0.1, 0.15) is 0 Å². The number of ether oxygens (including phenoxy) is 1. The van der Waals surface area contributed by atoms with Gasteiger partial charge < -0.3 is 14.7 Å². The fraction of sp³-hybridized carbons (Fsp3) is 0.650. The molecule has 1 aromatic carbocycles. The molecule has 0 aromatic heterocycles. The fourth-order valence-corrected chi connectivity index (χ4v) is 4.09. The van der Waals surface area contributed by atoms with Crippen LogP contribution in [0.4, 0.5) is 13.6 Å². The van der Waals surface area contributed by atoms with Crippen LogP contribution in [0.1, 0.15) is 25.3 Å². The lowest BCUT2D eigenvalue weighted by molar-refractivity contribution is -0.0609. The van der Waals surface area contributed by atoms with Crippen LogP contribution >= 0.6 is 0 Å². The summed E-state index contributed by atoms with van der Waals surface area (Å²) in [4.78, 5) is 17.8. The van der Waals surface area contributed by atoms with Crippen molar-refractivity contribution in [3.8, 4) is 0 Å². The molecule has 2 heterocycles. The SMILES string of the molecule is CCOC(=O)N1CCN(CC2(O)CCCN(Cc3ccc(F)c(F)c3)C2)CC1. The molecule has 0 radical (unpaired) electrons. The molecular weight excluding hydrogens is 368 g/mol. The van der Waals surface area contributed by atoms with Crippen molar-refractivity contribution in [3.05, 3.63) is 35.4 Å². The minimum atomic E-state index is -0.846. The van der Waals surface area contributed by atoms with E-state index in [1.54, 1.807) is 17.9 Å². The van der Waals surface area contributed by atoms with Crippen molar-refractivity contribution in [3.63, 3.8) is 0 Å². The molecule has 2 aliphatic heterocycles. The Kier molecular flexibility index (Phi) is 6.85. The highest BCUT2D eigenvalue weighted by atomic mass is 19.2. The maximum atomic E-state index is 13.4. The van der Waals surface area contributed by atoms with Crippen molar-refractivity contribution in [2.24, 2.45) is 0 Å². The zero-order chi connectivity index (χ0) is 20.1. The number of benzene rings is 1. The van der Waals surface area contributed by atoms with Crippen LogP contribution in [-0.2, 0) is 11.3 Å². The van der Waals surface area contributed by atoms with Crippen molar-refractivity contribution in [2.75, 3.05) is 52.4 Å². The molecule has 0 bridgehead atoms. The Morgan fingerprint density at radius 1 is 1.14 bits per heavy atom.